The van der Waals surface area contributed by atoms with Crippen LogP contribution in [-0.2, 0) is 0 Å². The van der Waals surface area contributed by atoms with Crippen LogP contribution in [0.4, 0.5) is 4.39 Å². The van der Waals surface area contributed by atoms with Crippen molar-refractivity contribution in [2.75, 3.05) is 13.1 Å². The molecule has 0 heterocycles. The first-order valence-electron chi connectivity index (χ1n) is 5.54. The largest absolute Gasteiger partial charge is 0.701 e. The monoisotopic (exact) mass is 375 g/mol. The van der Waals surface area contributed by atoms with Gasteiger partial charge in [-0.3, -0.25) is 50.6 Å². The smallest absolute Gasteiger partial charge is 0.256 e. The van der Waals surface area contributed by atoms with Crippen molar-refractivity contribution < 1.29 is 34.0 Å². The SMILES string of the molecule is O=[N+]([O-])N(CCC([N+](=O)[O-])([N+](=O)[O-])[N+](=O)[O-])CC(F)([N+](=O)[O-])[N+](=O)[O-]. The fourth-order valence-electron chi connectivity index (χ4n) is 1.39. The highest BCUT2D eigenvalue weighted by Gasteiger charge is 2.71. The van der Waals surface area contributed by atoms with Gasteiger partial charge >= 0.3 is 11.7 Å². The maximum absolute atomic E-state index is 13.6. The summed E-state index contributed by atoms with van der Waals surface area (Å²) in [5, 5.41) is 60.9. The fourth-order valence-corrected chi connectivity index (χ4v) is 1.39. The first kappa shape index (κ1) is 21.1. The lowest BCUT2D eigenvalue weighted by Crippen LogP contribution is -2.57. The number of rotatable bonds is 11. The number of halogens is 1. The van der Waals surface area contributed by atoms with E-state index < -0.39 is 65.9 Å². The zero-order valence-corrected chi connectivity index (χ0v) is 11.5. The maximum atomic E-state index is 13.6. The van der Waals surface area contributed by atoms with Gasteiger partial charge in [0.2, 0.25) is 0 Å². The topological polar surface area (TPSA) is 262 Å². The summed E-state index contributed by atoms with van der Waals surface area (Å²) >= 11 is 0. The molecule has 0 bridgehead atoms. The van der Waals surface area contributed by atoms with Gasteiger partial charge < -0.3 is 0 Å². The molecule has 0 rings (SSSR count). The Labute approximate surface area is 132 Å². The van der Waals surface area contributed by atoms with Crippen LogP contribution in [0.2, 0.25) is 0 Å². The Morgan fingerprint density at radius 3 is 1.32 bits per heavy atom. The molecule has 0 N–H and O–H groups in total. The molecule has 0 aromatic heterocycles. The Morgan fingerprint density at radius 2 is 1.08 bits per heavy atom. The summed E-state index contributed by atoms with van der Waals surface area (Å²) in [7, 11) is 0. The van der Waals surface area contributed by atoms with Gasteiger partial charge in [0, 0.05) is 0 Å². The third-order valence-electron chi connectivity index (χ3n) is 2.76. The molecular weight excluding hydrogens is 369 g/mol. The van der Waals surface area contributed by atoms with Gasteiger partial charge in [0.25, 0.3) is 6.54 Å². The maximum Gasteiger partial charge on any atom is 0.701 e. The van der Waals surface area contributed by atoms with Gasteiger partial charge in [-0.2, -0.15) is 0 Å². The van der Waals surface area contributed by atoms with E-state index in [0.717, 1.165) is 0 Å². The lowest BCUT2D eigenvalue weighted by atomic mass is 10.2. The summed E-state index contributed by atoms with van der Waals surface area (Å²) in [5.74, 6) is -8.80. The standard InChI is InChI=1S/C5H6FN7O12/c6-4(8(14)15,9(16)17)3-7(13(24)25)2-1-5(10(18)19,11(20)21)12(22)23/h1-3H2. The molecule has 0 aromatic carbocycles. The van der Waals surface area contributed by atoms with Crippen LogP contribution in [-0.4, -0.2) is 59.5 Å². The van der Waals surface area contributed by atoms with Crippen LogP contribution in [0.15, 0.2) is 0 Å². The first-order valence-corrected chi connectivity index (χ1v) is 5.54. The number of hydrogen-bond acceptors (Lipinski definition) is 12. The van der Waals surface area contributed by atoms with Crippen LogP contribution in [0.5, 0.6) is 0 Å². The molecule has 0 aliphatic heterocycles. The highest BCUT2D eigenvalue weighted by molar-refractivity contribution is 4.61. The van der Waals surface area contributed by atoms with E-state index in [4.69, 9.17) is 0 Å². The lowest BCUT2D eigenvalue weighted by molar-refractivity contribution is -0.971. The number of nitrogens with zero attached hydrogens (tertiary/aromatic N) is 7. The molecule has 0 saturated heterocycles. The van der Waals surface area contributed by atoms with Gasteiger partial charge in [0.05, 0.1) is 0 Å². The van der Waals surface area contributed by atoms with Crippen LogP contribution in [0, 0.1) is 60.7 Å². The summed E-state index contributed by atoms with van der Waals surface area (Å²) in [6.45, 7) is -3.87. The van der Waals surface area contributed by atoms with Crippen LogP contribution < -0.4 is 0 Å². The van der Waals surface area contributed by atoms with E-state index >= 15 is 0 Å². The molecule has 0 saturated carbocycles. The molecule has 20 heteroatoms. The second-order valence-corrected chi connectivity index (χ2v) is 4.15. The van der Waals surface area contributed by atoms with E-state index in [1.54, 1.807) is 0 Å². The van der Waals surface area contributed by atoms with Crippen LogP contribution in [0.1, 0.15) is 6.42 Å². The molecule has 0 fully saturated rings. The van der Waals surface area contributed by atoms with E-state index in [-0.39, 0.29) is 0 Å². The van der Waals surface area contributed by atoms with E-state index in [2.05, 4.69) is 0 Å². The average Bonchev–Trinajstić information content (AvgIpc) is 2.44. The number of hydrogen-bond donors (Lipinski definition) is 0. The highest BCUT2D eigenvalue weighted by Crippen LogP contribution is 2.20. The van der Waals surface area contributed by atoms with Crippen molar-refractivity contribution in [3.05, 3.63) is 60.7 Å². The molecule has 25 heavy (non-hydrogen) atoms. The van der Waals surface area contributed by atoms with Gasteiger partial charge in [-0.1, -0.05) is 4.39 Å². The van der Waals surface area contributed by atoms with Gasteiger partial charge in [-0.25, -0.2) is 10.1 Å². The van der Waals surface area contributed by atoms with Crippen molar-refractivity contribution in [3.63, 3.8) is 0 Å². The molecule has 0 amide bonds. The normalized spacial score (nSPS) is 11.4. The van der Waals surface area contributed by atoms with Crippen molar-refractivity contribution in [1.82, 2.24) is 5.01 Å². The Kier molecular flexibility index (Phi) is 6.03. The Hall–Kier alpha value is -3.87. The van der Waals surface area contributed by atoms with Gasteiger partial charge in [0.1, 0.15) is 16.4 Å². The van der Waals surface area contributed by atoms with E-state index in [9.17, 15) is 65.1 Å². The molecule has 0 atom stereocenters. The first-order chi connectivity index (χ1) is 11.2. The summed E-state index contributed by atoms with van der Waals surface area (Å²) in [6.07, 6.45) is -1.84. The summed E-state index contributed by atoms with van der Waals surface area (Å²) < 4.78 is 13.6. The Bertz CT molecular complexity index is 585. The second-order valence-electron chi connectivity index (χ2n) is 4.15. The zero-order valence-electron chi connectivity index (χ0n) is 11.5. The quantitative estimate of drug-likeness (QED) is 0.173. The van der Waals surface area contributed by atoms with Crippen molar-refractivity contribution >= 4 is 0 Å². The zero-order chi connectivity index (χ0) is 20.2. The molecule has 0 radical (unpaired) electrons. The van der Waals surface area contributed by atoms with E-state index in [0.29, 0.717) is 0 Å². The average molecular weight is 375 g/mol. The number of nitro groups is 6. The van der Waals surface area contributed by atoms with Crippen molar-refractivity contribution in [3.8, 4) is 0 Å². The number of hydrazine groups is 1. The van der Waals surface area contributed by atoms with Crippen molar-refractivity contribution in [1.29, 1.82) is 0 Å². The molecular formula is C5H6FN7O12. The molecule has 0 aliphatic rings. The molecule has 0 unspecified atom stereocenters. The third-order valence-corrected chi connectivity index (χ3v) is 2.76. The molecule has 0 aromatic rings. The van der Waals surface area contributed by atoms with Gasteiger partial charge in [-0.05, 0) is 0 Å². The Balaban J connectivity index is 5.68. The van der Waals surface area contributed by atoms with E-state index in [1.807, 2.05) is 0 Å². The predicted molar refractivity (Wildman–Crippen MR) is 64.7 cm³/mol. The number of alkyl halides is 1. The lowest BCUT2D eigenvalue weighted by Gasteiger charge is -2.16. The molecule has 19 nitrogen and oxygen atoms in total. The third kappa shape index (κ3) is 3.91. The van der Waals surface area contributed by atoms with Crippen LogP contribution in [0.25, 0.3) is 0 Å². The minimum absolute atomic E-state index is 0.684. The second kappa shape index (κ2) is 7.14. The Morgan fingerprint density at radius 1 is 0.720 bits per heavy atom. The molecule has 140 valence electrons. The summed E-state index contributed by atoms with van der Waals surface area (Å²) in [4.78, 5) is 53.0. The molecule has 0 spiro atoms. The van der Waals surface area contributed by atoms with Crippen molar-refractivity contribution in [2.45, 2.75) is 18.1 Å². The van der Waals surface area contributed by atoms with Crippen molar-refractivity contribution in [2.24, 2.45) is 0 Å². The predicted octanol–water partition coefficient (Wildman–Crippen LogP) is -1.47. The highest BCUT2D eigenvalue weighted by atomic mass is 19.2. The van der Waals surface area contributed by atoms with E-state index in [1.165, 1.54) is 0 Å². The summed E-state index contributed by atoms with van der Waals surface area (Å²) in [5.41, 5.74) is 0. The van der Waals surface area contributed by atoms with Gasteiger partial charge in [-0.15, -0.1) is 5.01 Å². The van der Waals surface area contributed by atoms with Crippen LogP contribution in [0.3, 0.4) is 0 Å². The fraction of sp³-hybridized carbons (Fsp3) is 1.00. The van der Waals surface area contributed by atoms with Crippen LogP contribution >= 0.6 is 0 Å². The molecule has 0 aliphatic carbocycles. The van der Waals surface area contributed by atoms with Gasteiger partial charge in [0.15, 0.2) is 26.2 Å². The summed E-state index contributed by atoms with van der Waals surface area (Å²) in [6, 6.07) is 0. The minimum atomic E-state index is -4.63. The minimum Gasteiger partial charge on any atom is -0.256 e.